The van der Waals surface area contributed by atoms with Gasteiger partial charge in [-0.05, 0) is 44.9 Å². The lowest BCUT2D eigenvalue weighted by Gasteiger charge is -2.26. The molecule has 0 saturated heterocycles. The molecule has 0 aliphatic heterocycles. The summed E-state index contributed by atoms with van der Waals surface area (Å²) in [7, 11) is 1.64. The summed E-state index contributed by atoms with van der Waals surface area (Å²) in [6.45, 7) is 3.19. The molecule has 6 heteroatoms. The Morgan fingerprint density at radius 1 is 1.30 bits per heavy atom. The largest absolute Gasteiger partial charge is 0.481 e. The van der Waals surface area contributed by atoms with Gasteiger partial charge in [0.1, 0.15) is 0 Å². The van der Waals surface area contributed by atoms with Gasteiger partial charge in [-0.2, -0.15) is 0 Å². The Labute approximate surface area is 120 Å². The predicted octanol–water partition coefficient (Wildman–Crippen LogP) is 1.60. The number of carboxylic acid groups (broad SMARTS) is 1. The summed E-state index contributed by atoms with van der Waals surface area (Å²) in [6.07, 6.45) is 3.96. The molecule has 20 heavy (non-hydrogen) atoms. The molecule has 1 unspecified atom stereocenters. The van der Waals surface area contributed by atoms with Crippen molar-refractivity contribution < 1.29 is 19.4 Å². The van der Waals surface area contributed by atoms with E-state index in [9.17, 15) is 9.59 Å². The molecular formula is C14H26N2O4. The number of carboxylic acids is 1. The summed E-state index contributed by atoms with van der Waals surface area (Å²) < 4.78 is 4.96. The van der Waals surface area contributed by atoms with E-state index in [4.69, 9.17) is 9.84 Å². The molecule has 6 nitrogen and oxygen atoms in total. The van der Waals surface area contributed by atoms with Crippen LogP contribution < -0.4 is 10.6 Å². The van der Waals surface area contributed by atoms with Crippen molar-refractivity contribution >= 4 is 12.0 Å². The number of hydrogen-bond donors (Lipinski definition) is 3. The van der Waals surface area contributed by atoms with E-state index < -0.39 is 5.97 Å². The SMILES string of the molecule is COCCC(C)NC(=O)NCC1CCC(C(=O)O)CC1. The van der Waals surface area contributed by atoms with Gasteiger partial charge in [0, 0.05) is 26.3 Å². The normalized spacial score (nSPS) is 23.9. The monoisotopic (exact) mass is 286 g/mol. The topological polar surface area (TPSA) is 87.7 Å². The maximum Gasteiger partial charge on any atom is 0.315 e. The molecule has 0 heterocycles. The lowest BCUT2D eigenvalue weighted by Crippen LogP contribution is -2.43. The van der Waals surface area contributed by atoms with Gasteiger partial charge < -0.3 is 20.5 Å². The van der Waals surface area contributed by atoms with Crippen LogP contribution in [0, 0.1) is 11.8 Å². The average Bonchev–Trinajstić information content (AvgIpc) is 2.43. The van der Waals surface area contributed by atoms with Crippen LogP contribution in [-0.2, 0) is 9.53 Å². The summed E-state index contributed by atoms with van der Waals surface area (Å²) in [5.74, 6) is -0.499. The summed E-state index contributed by atoms with van der Waals surface area (Å²) in [4.78, 5) is 22.5. The van der Waals surface area contributed by atoms with E-state index in [-0.39, 0.29) is 18.0 Å². The number of aliphatic carboxylic acids is 1. The highest BCUT2D eigenvalue weighted by Crippen LogP contribution is 2.28. The quantitative estimate of drug-likeness (QED) is 0.663. The zero-order chi connectivity index (χ0) is 15.0. The molecule has 1 atom stereocenters. The van der Waals surface area contributed by atoms with Gasteiger partial charge in [-0.15, -0.1) is 0 Å². The van der Waals surface area contributed by atoms with Gasteiger partial charge in [0.2, 0.25) is 0 Å². The summed E-state index contributed by atoms with van der Waals surface area (Å²) in [5, 5.41) is 14.6. The van der Waals surface area contributed by atoms with E-state index in [1.807, 2.05) is 6.92 Å². The lowest BCUT2D eigenvalue weighted by molar-refractivity contribution is -0.143. The number of rotatable bonds is 7. The van der Waals surface area contributed by atoms with Crippen molar-refractivity contribution in [2.45, 2.75) is 45.1 Å². The smallest absolute Gasteiger partial charge is 0.315 e. The first kappa shape index (κ1) is 16.8. The number of amides is 2. The second kappa shape index (κ2) is 8.79. The second-order valence-electron chi connectivity index (χ2n) is 5.59. The van der Waals surface area contributed by atoms with E-state index in [1.165, 1.54) is 0 Å². The first-order chi connectivity index (χ1) is 9.52. The highest BCUT2D eigenvalue weighted by Gasteiger charge is 2.25. The highest BCUT2D eigenvalue weighted by atomic mass is 16.5. The van der Waals surface area contributed by atoms with Crippen LogP contribution in [0.2, 0.25) is 0 Å². The van der Waals surface area contributed by atoms with Crippen molar-refractivity contribution in [2.24, 2.45) is 11.8 Å². The third-order valence-corrected chi connectivity index (χ3v) is 3.88. The van der Waals surface area contributed by atoms with E-state index >= 15 is 0 Å². The number of urea groups is 1. The third kappa shape index (κ3) is 6.23. The number of carbonyl (C=O) groups excluding carboxylic acids is 1. The minimum Gasteiger partial charge on any atom is -0.481 e. The Morgan fingerprint density at radius 3 is 2.50 bits per heavy atom. The standard InChI is InChI=1S/C14H26N2O4/c1-10(7-8-20-2)16-14(19)15-9-11-3-5-12(6-4-11)13(17)18/h10-12H,3-9H2,1-2H3,(H,17,18)(H2,15,16,19). The first-order valence-electron chi connectivity index (χ1n) is 7.29. The first-order valence-corrected chi connectivity index (χ1v) is 7.29. The van der Waals surface area contributed by atoms with Crippen LogP contribution in [0.1, 0.15) is 39.0 Å². The molecule has 1 aliphatic carbocycles. The minimum atomic E-state index is -0.693. The van der Waals surface area contributed by atoms with Crippen molar-refractivity contribution in [1.82, 2.24) is 10.6 Å². The number of nitrogens with one attached hydrogen (secondary N) is 2. The van der Waals surface area contributed by atoms with Crippen LogP contribution in [0.4, 0.5) is 4.79 Å². The molecular weight excluding hydrogens is 260 g/mol. The summed E-state index contributed by atoms with van der Waals surface area (Å²) in [6, 6.07) is -0.0772. The van der Waals surface area contributed by atoms with Gasteiger partial charge in [-0.25, -0.2) is 4.79 Å². The van der Waals surface area contributed by atoms with E-state index in [0.717, 1.165) is 19.3 Å². The molecule has 0 bridgehead atoms. The number of methoxy groups -OCH3 is 1. The van der Waals surface area contributed by atoms with Crippen molar-refractivity contribution in [3.05, 3.63) is 0 Å². The third-order valence-electron chi connectivity index (χ3n) is 3.88. The van der Waals surface area contributed by atoms with Gasteiger partial charge in [-0.1, -0.05) is 0 Å². The molecule has 116 valence electrons. The van der Waals surface area contributed by atoms with Crippen molar-refractivity contribution in [3.63, 3.8) is 0 Å². The molecule has 2 amide bonds. The Hall–Kier alpha value is -1.30. The van der Waals surface area contributed by atoms with Crippen LogP contribution in [0.25, 0.3) is 0 Å². The van der Waals surface area contributed by atoms with Crippen LogP contribution in [0.3, 0.4) is 0 Å². The number of ether oxygens (including phenoxy) is 1. The zero-order valence-electron chi connectivity index (χ0n) is 12.4. The van der Waals surface area contributed by atoms with Crippen molar-refractivity contribution in [2.75, 3.05) is 20.3 Å². The molecule has 3 N–H and O–H groups in total. The molecule has 0 spiro atoms. The fourth-order valence-electron chi connectivity index (χ4n) is 2.49. The van der Waals surface area contributed by atoms with Gasteiger partial charge in [0.25, 0.3) is 0 Å². The fraction of sp³-hybridized carbons (Fsp3) is 0.857. The molecule has 0 aromatic carbocycles. The number of carbonyl (C=O) groups is 2. The van der Waals surface area contributed by atoms with Crippen molar-refractivity contribution in [3.8, 4) is 0 Å². The highest BCUT2D eigenvalue weighted by molar-refractivity contribution is 5.74. The molecule has 1 fully saturated rings. The molecule has 1 saturated carbocycles. The van der Waals surface area contributed by atoms with Gasteiger partial charge in [0.05, 0.1) is 5.92 Å². The Kier molecular flexibility index (Phi) is 7.36. The molecule has 1 aliphatic rings. The molecule has 0 aromatic rings. The fourth-order valence-corrected chi connectivity index (χ4v) is 2.49. The molecule has 0 aromatic heterocycles. The van der Waals surface area contributed by atoms with Crippen LogP contribution >= 0.6 is 0 Å². The van der Waals surface area contributed by atoms with Crippen LogP contribution in [0.5, 0.6) is 0 Å². The van der Waals surface area contributed by atoms with Gasteiger partial charge >= 0.3 is 12.0 Å². The Balaban J connectivity index is 2.14. The van der Waals surface area contributed by atoms with Crippen LogP contribution in [-0.4, -0.2) is 43.4 Å². The average molecular weight is 286 g/mol. The molecule has 0 radical (unpaired) electrons. The summed E-state index contributed by atoms with van der Waals surface area (Å²) in [5.41, 5.74) is 0. The Bertz CT molecular complexity index is 314. The number of hydrogen-bond acceptors (Lipinski definition) is 3. The minimum absolute atomic E-state index is 0.0812. The zero-order valence-corrected chi connectivity index (χ0v) is 12.4. The second-order valence-corrected chi connectivity index (χ2v) is 5.59. The predicted molar refractivity (Wildman–Crippen MR) is 75.6 cm³/mol. The van der Waals surface area contributed by atoms with Gasteiger partial charge in [-0.3, -0.25) is 4.79 Å². The van der Waals surface area contributed by atoms with Crippen molar-refractivity contribution in [1.29, 1.82) is 0 Å². The maximum atomic E-state index is 11.7. The van der Waals surface area contributed by atoms with E-state index in [1.54, 1.807) is 7.11 Å². The van der Waals surface area contributed by atoms with E-state index in [0.29, 0.717) is 31.9 Å². The van der Waals surface area contributed by atoms with Gasteiger partial charge in [0.15, 0.2) is 0 Å². The molecule has 1 rings (SSSR count). The Morgan fingerprint density at radius 2 is 1.95 bits per heavy atom. The summed E-state index contributed by atoms with van der Waals surface area (Å²) >= 11 is 0. The van der Waals surface area contributed by atoms with E-state index in [2.05, 4.69) is 10.6 Å². The van der Waals surface area contributed by atoms with Crippen LogP contribution in [0.15, 0.2) is 0 Å². The maximum absolute atomic E-state index is 11.7. The lowest BCUT2D eigenvalue weighted by atomic mass is 9.82.